The summed E-state index contributed by atoms with van der Waals surface area (Å²) in [6, 6.07) is 11.5. The molecule has 0 radical (unpaired) electrons. The highest BCUT2D eigenvalue weighted by Gasteiger charge is 2.29. The first kappa shape index (κ1) is 28.5. The van der Waals surface area contributed by atoms with Gasteiger partial charge < -0.3 is 25.8 Å². The minimum Gasteiger partial charge on any atom is -0.483 e. The zero-order chi connectivity index (χ0) is 28.5. The fraction of sp³-hybridized carbons (Fsp3) is 0.160. The molecule has 0 saturated heterocycles. The lowest BCUT2D eigenvalue weighted by molar-refractivity contribution is -0.385. The van der Waals surface area contributed by atoms with E-state index in [0.717, 1.165) is 10.5 Å². The number of hydrogen-bond acceptors (Lipinski definition) is 8. The van der Waals surface area contributed by atoms with Crippen molar-refractivity contribution >= 4 is 40.9 Å². The number of ether oxygens (including phenoxy) is 1. The highest BCUT2D eigenvalue weighted by Crippen LogP contribution is 2.30. The topological polar surface area (TPSA) is 202 Å². The number of pyridine rings is 1. The summed E-state index contributed by atoms with van der Waals surface area (Å²) in [5.41, 5.74) is 5.80. The summed E-state index contributed by atoms with van der Waals surface area (Å²) in [5.74, 6) is -3.04. The lowest BCUT2D eigenvalue weighted by Gasteiger charge is -2.23. The fourth-order valence-corrected chi connectivity index (χ4v) is 3.74. The van der Waals surface area contributed by atoms with Crippen molar-refractivity contribution in [3.05, 3.63) is 98.3 Å². The van der Waals surface area contributed by atoms with Crippen molar-refractivity contribution in [3.63, 3.8) is 0 Å². The van der Waals surface area contributed by atoms with Gasteiger partial charge in [-0.2, -0.15) is 0 Å². The Kier molecular flexibility index (Phi) is 9.48. The van der Waals surface area contributed by atoms with Crippen LogP contribution < -0.4 is 15.8 Å². The van der Waals surface area contributed by atoms with Gasteiger partial charge in [0.25, 0.3) is 11.8 Å². The van der Waals surface area contributed by atoms with Gasteiger partial charge in [-0.3, -0.25) is 34.9 Å². The normalized spacial score (nSPS) is 10.4. The van der Waals surface area contributed by atoms with E-state index in [1.807, 2.05) is 0 Å². The Morgan fingerprint density at radius 2 is 1.97 bits per heavy atom. The van der Waals surface area contributed by atoms with Crippen LogP contribution in [0, 0.1) is 15.5 Å². The van der Waals surface area contributed by atoms with Crippen molar-refractivity contribution in [2.45, 2.75) is 13.1 Å². The van der Waals surface area contributed by atoms with Crippen LogP contribution in [0.1, 0.15) is 27.0 Å². The first-order chi connectivity index (χ1) is 18.6. The number of carboxylic acids is 1. The molecule has 0 aliphatic rings. The van der Waals surface area contributed by atoms with Gasteiger partial charge in [0, 0.05) is 30.1 Å². The third-order valence-corrected chi connectivity index (χ3v) is 5.63. The molecule has 14 heteroatoms. The van der Waals surface area contributed by atoms with Crippen LogP contribution in [-0.4, -0.2) is 56.7 Å². The summed E-state index contributed by atoms with van der Waals surface area (Å²) < 4.78 is 5.66. The van der Waals surface area contributed by atoms with Crippen molar-refractivity contribution in [2.24, 2.45) is 5.73 Å². The average molecular weight is 555 g/mol. The average Bonchev–Trinajstić information content (AvgIpc) is 2.90. The minimum absolute atomic E-state index is 0.0583. The number of hydrogen-bond donors (Lipinski definition) is 4. The molecule has 2 amide bonds. The second kappa shape index (κ2) is 13.0. The number of aliphatic carboxylic acids is 1. The summed E-state index contributed by atoms with van der Waals surface area (Å²) in [7, 11) is 0. The van der Waals surface area contributed by atoms with E-state index in [1.54, 1.807) is 24.5 Å². The van der Waals surface area contributed by atoms with E-state index in [9.17, 15) is 29.6 Å². The zero-order valence-corrected chi connectivity index (χ0v) is 21.1. The molecule has 0 spiro atoms. The summed E-state index contributed by atoms with van der Waals surface area (Å²) in [5, 5.41) is 31.0. The maximum atomic E-state index is 13.3. The largest absolute Gasteiger partial charge is 0.483 e. The maximum Gasteiger partial charge on any atom is 0.323 e. The van der Waals surface area contributed by atoms with Gasteiger partial charge in [0.2, 0.25) is 0 Å². The number of carbonyl (C=O) groups is 3. The van der Waals surface area contributed by atoms with E-state index in [1.165, 1.54) is 36.4 Å². The smallest absolute Gasteiger partial charge is 0.323 e. The number of amidine groups is 1. The van der Waals surface area contributed by atoms with Crippen LogP contribution in [-0.2, 0) is 22.7 Å². The monoisotopic (exact) mass is 554 g/mol. The lowest BCUT2D eigenvalue weighted by Crippen LogP contribution is -2.36. The highest BCUT2D eigenvalue weighted by atomic mass is 35.5. The third-order valence-electron chi connectivity index (χ3n) is 5.32. The number of nitrogens with two attached hydrogens (primary N) is 1. The number of benzene rings is 2. The number of para-hydroxylation sites is 1. The molecule has 0 atom stereocenters. The van der Waals surface area contributed by atoms with Gasteiger partial charge in [-0.05, 0) is 29.8 Å². The number of halogens is 1. The number of nitro groups is 1. The minimum atomic E-state index is -1.37. The molecule has 0 aliphatic heterocycles. The van der Waals surface area contributed by atoms with Gasteiger partial charge in [0.1, 0.15) is 28.7 Å². The van der Waals surface area contributed by atoms with Crippen LogP contribution in [0.15, 0.2) is 60.9 Å². The Bertz CT molecular complexity index is 1420. The quantitative estimate of drug-likeness (QED) is 0.112. The van der Waals surface area contributed by atoms with E-state index >= 15 is 0 Å². The number of nitrogen functional groups attached to an aromatic ring is 1. The van der Waals surface area contributed by atoms with E-state index in [2.05, 4.69) is 10.3 Å². The first-order valence-corrected chi connectivity index (χ1v) is 11.6. The molecule has 1 aromatic heterocycles. The molecule has 0 saturated carbocycles. The third kappa shape index (κ3) is 7.72. The van der Waals surface area contributed by atoms with E-state index < -0.39 is 47.1 Å². The number of carbonyl (C=O) groups excluding carboxylic acids is 2. The zero-order valence-electron chi connectivity index (χ0n) is 20.3. The van der Waals surface area contributed by atoms with Crippen LogP contribution in [0.4, 0.5) is 5.69 Å². The fourth-order valence-electron chi connectivity index (χ4n) is 3.50. The summed E-state index contributed by atoms with van der Waals surface area (Å²) in [4.78, 5) is 52.7. The first-order valence-electron chi connectivity index (χ1n) is 11.3. The molecule has 0 bridgehead atoms. The Labute approximate surface area is 226 Å². The van der Waals surface area contributed by atoms with E-state index in [-0.39, 0.29) is 40.8 Å². The number of nitro benzene ring substituents is 1. The van der Waals surface area contributed by atoms with Gasteiger partial charge in [-0.25, -0.2) is 0 Å². The molecule has 39 heavy (non-hydrogen) atoms. The molecule has 5 N–H and O–H groups in total. The van der Waals surface area contributed by atoms with Crippen LogP contribution >= 0.6 is 11.6 Å². The molecule has 1 heterocycles. The van der Waals surface area contributed by atoms with Crippen molar-refractivity contribution in [1.82, 2.24) is 15.2 Å². The molecule has 13 nitrogen and oxygen atoms in total. The number of amides is 2. The highest BCUT2D eigenvalue weighted by molar-refractivity contribution is 6.33. The number of nitrogens with zero attached hydrogens (tertiary/aromatic N) is 3. The summed E-state index contributed by atoms with van der Waals surface area (Å²) >= 11 is 5.93. The SMILES string of the molecule is N=C(N)c1ccc(CN(CC(=O)O)C(=O)c2cccc(Cl)c2[N+](=O)[O-])c(OCC(=O)NCc2cccnc2)c1. The number of carboxylic acid groups (broad SMARTS) is 1. The molecule has 3 rings (SSSR count). The summed E-state index contributed by atoms with van der Waals surface area (Å²) in [6.45, 7) is -1.40. The number of nitrogens with one attached hydrogen (secondary N) is 2. The van der Waals surface area contributed by atoms with Crippen molar-refractivity contribution in [1.29, 1.82) is 5.41 Å². The molecule has 202 valence electrons. The second-order valence-electron chi connectivity index (χ2n) is 8.11. The van der Waals surface area contributed by atoms with E-state index in [4.69, 9.17) is 27.5 Å². The lowest BCUT2D eigenvalue weighted by atomic mass is 10.1. The van der Waals surface area contributed by atoms with Crippen molar-refractivity contribution in [3.8, 4) is 5.75 Å². The van der Waals surface area contributed by atoms with Crippen LogP contribution in [0.3, 0.4) is 0 Å². The Morgan fingerprint density at radius 1 is 1.21 bits per heavy atom. The van der Waals surface area contributed by atoms with Crippen molar-refractivity contribution in [2.75, 3.05) is 13.2 Å². The van der Waals surface area contributed by atoms with Crippen molar-refractivity contribution < 1.29 is 29.2 Å². The standard InChI is InChI=1S/C25H23ClN6O7/c26-19-5-1-4-18(23(19)32(37)38)25(36)31(13-22(34)35)12-17-7-6-16(24(27)28)9-20(17)39-14-21(33)30-11-15-3-2-8-29-10-15/h1-10H,11-14H2,(H3,27,28)(H,30,33)(H,34,35). The van der Waals surface area contributed by atoms with Gasteiger partial charge in [0.15, 0.2) is 6.61 Å². The Hall–Kier alpha value is -5.04. The molecular weight excluding hydrogens is 532 g/mol. The summed E-state index contributed by atoms with van der Waals surface area (Å²) in [6.07, 6.45) is 3.19. The molecule has 0 aliphatic carbocycles. The second-order valence-corrected chi connectivity index (χ2v) is 8.52. The Morgan fingerprint density at radius 3 is 2.62 bits per heavy atom. The maximum absolute atomic E-state index is 13.3. The van der Waals surface area contributed by atoms with Crippen LogP contribution in [0.5, 0.6) is 5.75 Å². The Balaban J connectivity index is 1.86. The molecule has 0 fully saturated rings. The van der Waals surface area contributed by atoms with Gasteiger partial charge in [0.05, 0.1) is 11.5 Å². The molecule has 3 aromatic rings. The predicted molar refractivity (Wildman–Crippen MR) is 140 cm³/mol. The van der Waals surface area contributed by atoms with Gasteiger partial charge in [-0.15, -0.1) is 0 Å². The molecule has 2 aromatic carbocycles. The predicted octanol–water partition coefficient (Wildman–Crippen LogP) is 2.35. The number of rotatable bonds is 12. The molecule has 0 unspecified atom stereocenters. The van der Waals surface area contributed by atoms with Gasteiger partial charge >= 0.3 is 11.7 Å². The van der Waals surface area contributed by atoms with E-state index in [0.29, 0.717) is 0 Å². The van der Waals surface area contributed by atoms with Gasteiger partial charge in [-0.1, -0.05) is 35.9 Å². The number of aromatic nitrogens is 1. The molecular formula is C25H23ClN6O7. The van der Waals surface area contributed by atoms with Crippen LogP contribution in [0.2, 0.25) is 5.02 Å². The van der Waals surface area contributed by atoms with Crippen LogP contribution in [0.25, 0.3) is 0 Å².